The molecule has 2 rings (SSSR count). The number of benzene rings is 1. The predicted octanol–water partition coefficient (Wildman–Crippen LogP) is 3.64. The third kappa shape index (κ3) is 3.26. The van der Waals surface area contributed by atoms with Crippen LogP contribution >= 0.6 is 23.2 Å². The summed E-state index contributed by atoms with van der Waals surface area (Å²) in [5.41, 5.74) is 0.815. The van der Waals surface area contributed by atoms with E-state index < -0.39 is 0 Å². The zero-order valence-electron chi connectivity index (χ0n) is 10.8. The molecule has 0 amide bonds. The van der Waals surface area contributed by atoms with Crippen molar-refractivity contribution < 1.29 is 4.52 Å². The lowest BCUT2D eigenvalue weighted by atomic mass is 10.1. The van der Waals surface area contributed by atoms with Crippen molar-refractivity contribution in [2.45, 2.75) is 25.8 Å². The minimum Gasteiger partial charge on any atom is -0.338 e. The topological polar surface area (TPSA) is 51.0 Å². The molecule has 0 saturated heterocycles. The van der Waals surface area contributed by atoms with Crippen molar-refractivity contribution in [3.8, 4) is 0 Å². The number of nitrogens with one attached hydrogen (secondary N) is 1. The molecule has 0 saturated carbocycles. The number of hydrogen-bond donors (Lipinski definition) is 1. The minimum absolute atomic E-state index is 0.0722. The Morgan fingerprint density at radius 3 is 2.58 bits per heavy atom. The molecular formula is C13H15Cl2N3O. The Balaban J connectivity index is 2.20. The predicted molar refractivity (Wildman–Crippen MR) is 75.7 cm³/mol. The summed E-state index contributed by atoms with van der Waals surface area (Å²) in [6, 6.07) is 5.48. The van der Waals surface area contributed by atoms with Gasteiger partial charge in [-0.15, -0.1) is 0 Å². The van der Waals surface area contributed by atoms with Crippen molar-refractivity contribution in [1.82, 2.24) is 15.5 Å². The lowest BCUT2D eigenvalue weighted by Gasteiger charge is -2.06. The molecule has 0 bridgehead atoms. The van der Waals surface area contributed by atoms with E-state index in [1.54, 1.807) is 12.1 Å². The Labute approximate surface area is 122 Å². The Bertz CT molecular complexity index is 532. The van der Waals surface area contributed by atoms with Crippen LogP contribution in [0.5, 0.6) is 0 Å². The lowest BCUT2D eigenvalue weighted by molar-refractivity contribution is 0.331. The molecule has 0 aliphatic heterocycles. The molecule has 1 N–H and O–H groups in total. The molecule has 0 aliphatic rings. The molecule has 1 atom stereocenters. The summed E-state index contributed by atoms with van der Waals surface area (Å²) in [4.78, 5) is 4.37. The molecular weight excluding hydrogens is 285 g/mol. The van der Waals surface area contributed by atoms with E-state index in [-0.39, 0.29) is 6.04 Å². The summed E-state index contributed by atoms with van der Waals surface area (Å²) < 4.78 is 5.25. The maximum atomic E-state index is 6.12. The van der Waals surface area contributed by atoms with E-state index in [1.165, 1.54) is 0 Å². The van der Waals surface area contributed by atoms with Crippen molar-refractivity contribution in [2.75, 3.05) is 7.05 Å². The normalized spacial score (nSPS) is 12.6. The fourth-order valence-corrected chi connectivity index (χ4v) is 2.37. The molecule has 102 valence electrons. The van der Waals surface area contributed by atoms with Crippen LogP contribution in [0.3, 0.4) is 0 Å². The van der Waals surface area contributed by atoms with Crippen LogP contribution in [0.2, 0.25) is 10.0 Å². The number of aromatic nitrogens is 2. The molecule has 1 unspecified atom stereocenters. The average Bonchev–Trinajstić information content (AvgIpc) is 2.84. The van der Waals surface area contributed by atoms with E-state index in [4.69, 9.17) is 27.7 Å². The second-order valence-electron chi connectivity index (χ2n) is 4.18. The Morgan fingerprint density at radius 1 is 1.32 bits per heavy atom. The highest BCUT2D eigenvalue weighted by Gasteiger charge is 2.16. The summed E-state index contributed by atoms with van der Waals surface area (Å²) in [5.74, 6) is 1.17. The summed E-state index contributed by atoms with van der Waals surface area (Å²) >= 11 is 12.2. The second kappa shape index (κ2) is 6.37. The van der Waals surface area contributed by atoms with Crippen molar-refractivity contribution in [3.05, 3.63) is 45.5 Å². The fraction of sp³-hybridized carbons (Fsp3) is 0.385. The quantitative estimate of drug-likeness (QED) is 0.916. The van der Waals surface area contributed by atoms with Crippen LogP contribution in [-0.2, 0) is 6.42 Å². The Morgan fingerprint density at radius 2 is 2.00 bits per heavy atom. The van der Waals surface area contributed by atoms with Gasteiger partial charge in [0.15, 0.2) is 5.82 Å². The first-order valence-electron chi connectivity index (χ1n) is 6.08. The summed E-state index contributed by atoms with van der Waals surface area (Å²) in [6.45, 7) is 2.05. The second-order valence-corrected chi connectivity index (χ2v) is 4.99. The zero-order valence-corrected chi connectivity index (χ0v) is 12.3. The minimum atomic E-state index is 0.0722. The largest absolute Gasteiger partial charge is 0.338 e. The fourth-order valence-electron chi connectivity index (χ4n) is 1.84. The first kappa shape index (κ1) is 14.3. The first-order chi connectivity index (χ1) is 9.15. The highest BCUT2D eigenvalue weighted by molar-refractivity contribution is 6.36. The molecule has 6 heteroatoms. The van der Waals surface area contributed by atoms with Crippen LogP contribution in [-0.4, -0.2) is 17.2 Å². The van der Waals surface area contributed by atoms with Gasteiger partial charge in [-0.1, -0.05) is 41.3 Å². The van der Waals surface area contributed by atoms with Gasteiger partial charge in [0.25, 0.3) is 0 Å². The molecule has 0 spiro atoms. The standard InChI is InChI=1S/C13H15Cl2N3O/c1-3-11(16-2)13-17-12(18-19-13)7-8-9(14)5-4-6-10(8)15/h4-6,11,16H,3,7H2,1-2H3. The molecule has 4 nitrogen and oxygen atoms in total. The van der Waals surface area contributed by atoms with Crippen LogP contribution in [0.25, 0.3) is 0 Å². The van der Waals surface area contributed by atoms with Crippen molar-refractivity contribution in [1.29, 1.82) is 0 Å². The van der Waals surface area contributed by atoms with Gasteiger partial charge in [0.2, 0.25) is 5.89 Å². The lowest BCUT2D eigenvalue weighted by Crippen LogP contribution is -2.15. The number of rotatable bonds is 5. The van der Waals surface area contributed by atoms with E-state index in [9.17, 15) is 0 Å². The van der Waals surface area contributed by atoms with Gasteiger partial charge in [0.05, 0.1) is 6.04 Å². The molecule has 1 heterocycles. The molecule has 0 radical (unpaired) electrons. The van der Waals surface area contributed by atoms with E-state index in [0.29, 0.717) is 28.2 Å². The average molecular weight is 300 g/mol. The molecule has 0 aliphatic carbocycles. The van der Waals surface area contributed by atoms with Gasteiger partial charge in [-0.3, -0.25) is 0 Å². The van der Waals surface area contributed by atoms with Crippen LogP contribution in [0, 0.1) is 0 Å². The molecule has 0 fully saturated rings. The summed E-state index contributed by atoms with van der Waals surface area (Å²) in [7, 11) is 1.86. The first-order valence-corrected chi connectivity index (χ1v) is 6.84. The van der Waals surface area contributed by atoms with Gasteiger partial charge in [-0.25, -0.2) is 0 Å². The zero-order chi connectivity index (χ0) is 13.8. The molecule has 2 aromatic rings. The summed E-state index contributed by atoms with van der Waals surface area (Å²) in [5, 5.41) is 8.31. The molecule has 1 aromatic heterocycles. The van der Waals surface area contributed by atoms with Crippen LogP contribution < -0.4 is 5.32 Å². The Kier molecular flexibility index (Phi) is 4.80. The van der Waals surface area contributed by atoms with Gasteiger partial charge in [0, 0.05) is 16.5 Å². The van der Waals surface area contributed by atoms with E-state index in [2.05, 4.69) is 22.4 Å². The third-order valence-electron chi connectivity index (χ3n) is 2.94. The van der Waals surface area contributed by atoms with Crippen LogP contribution in [0.1, 0.15) is 36.7 Å². The van der Waals surface area contributed by atoms with E-state index in [1.807, 2.05) is 13.1 Å². The third-order valence-corrected chi connectivity index (χ3v) is 3.64. The molecule has 1 aromatic carbocycles. The maximum Gasteiger partial charge on any atom is 0.243 e. The van der Waals surface area contributed by atoms with E-state index in [0.717, 1.165) is 12.0 Å². The van der Waals surface area contributed by atoms with Gasteiger partial charge in [-0.05, 0) is 31.2 Å². The van der Waals surface area contributed by atoms with Gasteiger partial charge >= 0.3 is 0 Å². The van der Waals surface area contributed by atoms with Crippen LogP contribution in [0.4, 0.5) is 0 Å². The van der Waals surface area contributed by atoms with Gasteiger partial charge < -0.3 is 9.84 Å². The van der Waals surface area contributed by atoms with Gasteiger partial charge in [-0.2, -0.15) is 4.98 Å². The smallest absolute Gasteiger partial charge is 0.243 e. The van der Waals surface area contributed by atoms with Crippen molar-refractivity contribution in [2.24, 2.45) is 0 Å². The highest BCUT2D eigenvalue weighted by atomic mass is 35.5. The maximum absolute atomic E-state index is 6.12. The van der Waals surface area contributed by atoms with Crippen molar-refractivity contribution in [3.63, 3.8) is 0 Å². The summed E-state index contributed by atoms with van der Waals surface area (Å²) in [6.07, 6.45) is 1.34. The van der Waals surface area contributed by atoms with Crippen LogP contribution in [0.15, 0.2) is 22.7 Å². The number of nitrogens with zero attached hydrogens (tertiary/aromatic N) is 2. The van der Waals surface area contributed by atoms with Gasteiger partial charge in [0.1, 0.15) is 0 Å². The SMILES string of the molecule is CCC(NC)c1nc(Cc2c(Cl)cccc2Cl)no1. The Hall–Kier alpha value is -1.10. The number of halogens is 2. The molecule has 19 heavy (non-hydrogen) atoms. The van der Waals surface area contributed by atoms with E-state index >= 15 is 0 Å². The monoisotopic (exact) mass is 299 g/mol. The highest BCUT2D eigenvalue weighted by Crippen LogP contribution is 2.26. The number of hydrogen-bond acceptors (Lipinski definition) is 4. The van der Waals surface area contributed by atoms with Crippen molar-refractivity contribution >= 4 is 23.2 Å².